The SMILES string of the molecule is Fc1c(F)c(F)c(OC2CC(Br)C23CCCC3)c(F)c1F. The molecule has 2 aliphatic carbocycles. The first-order chi connectivity index (χ1) is 9.88. The number of benzene rings is 1. The van der Waals surface area contributed by atoms with Crippen LogP contribution < -0.4 is 4.74 Å². The van der Waals surface area contributed by atoms with Gasteiger partial charge in [-0.1, -0.05) is 28.8 Å². The zero-order chi connectivity index (χ0) is 15.4. The lowest BCUT2D eigenvalue weighted by Crippen LogP contribution is -2.55. The maximum absolute atomic E-state index is 13.6. The van der Waals surface area contributed by atoms with Gasteiger partial charge in [-0.05, 0) is 19.3 Å². The van der Waals surface area contributed by atoms with E-state index in [0.717, 1.165) is 25.7 Å². The molecule has 0 aromatic heterocycles. The van der Waals surface area contributed by atoms with E-state index < -0.39 is 40.9 Å². The Balaban J connectivity index is 1.93. The third-order valence-corrected chi connectivity index (χ3v) is 5.94. The normalized spacial score (nSPS) is 27.0. The van der Waals surface area contributed by atoms with Crippen LogP contribution in [0, 0.1) is 34.5 Å². The van der Waals surface area contributed by atoms with Crippen molar-refractivity contribution in [1.82, 2.24) is 0 Å². The molecule has 2 aliphatic rings. The maximum Gasteiger partial charge on any atom is 0.207 e. The smallest absolute Gasteiger partial charge is 0.207 e. The molecule has 2 saturated carbocycles. The van der Waals surface area contributed by atoms with Crippen LogP contribution in [0.2, 0.25) is 0 Å². The molecule has 0 radical (unpaired) electrons. The van der Waals surface area contributed by atoms with Crippen molar-refractivity contribution in [1.29, 1.82) is 0 Å². The highest BCUT2D eigenvalue weighted by molar-refractivity contribution is 9.09. The molecule has 1 nitrogen and oxygen atoms in total. The zero-order valence-electron chi connectivity index (χ0n) is 10.9. The van der Waals surface area contributed by atoms with Gasteiger partial charge in [-0.3, -0.25) is 0 Å². The van der Waals surface area contributed by atoms with Crippen LogP contribution in [0.5, 0.6) is 5.75 Å². The van der Waals surface area contributed by atoms with Gasteiger partial charge < -0.3 is 4.74 Å². The van der Waals surface area contributed by atoms with Gasteiger partial charge in [0.05, 0.1) is 0 Å². The van der Waals surface area contributed by atoms with E-state index in [2.05, 4.69) is 15.9 Å². The average molecular weight is 371 g/mol. The predicted octanol–water partition coefficient (Wildman–Crippen LogP) is 4.86. The first-order valence-electron chi connectivity index (χ1n) is 6.70. The summed E-state index contributed by atoms with van der Waals surface area (Å²) < 4.78 is 71.8. The van der Waals surface area contributed by atoms with Gasteiger partial charge in [0, 0.05) is 10.2 Å². The van der Waals surface area contributed by atoms with Gasteiger partial charge in [-0.15, -0.1) is 0 Å². The molecule has 1 spiro atoms. The summed E-state index contributed by atoms with van der Waals surface area (Å²) in [5.41, 5.74) is -0.264. The first-order valence-corrected chi connectivity index (χ1v) is 7.62. The molecule has 2 atom stereocenters. The molecular formula is C14H12BrF5O. The summed E-state index contributed by atoms with van der Waals surface area (Å²) in [6.07, 6.45) is 3.54. The third kappa shape index (κ3) is 2.07. The lowest BCUT2D eigenvalue weighted by molar-refractivity contribution is -0.0355. The molecule has 0 bridgehead atoms. The average Bonchev–Trinajstić information content (AvgIpc) is 2.99. The molecule has 1 aromatic carbocycles. The van der Waals surface area contributed by atoms with Crippen LogP contribution in [0.15, 0.2) is 0 Å². The van der Waals surface area contributed by atoms with Gasteiger partial charge in [0.1, 0.15) is 6.10 Å². The highest BCUT2D eigenvalue weighted by Crippen LogP contribution is 2.58. The number of hydrogen-bond donors (Lipinski definition) is 0. The Morgan fingerprint density at radius 1 is 0.857 bits per heavy atom. The number of halogens is 6. The number of hydrogen-bond acceptors (Lipinski definition) is 1. The second-order valence-corrected chi connectivity index (χ2v) is 6.75. The van der Waals surface area contributed by atoms with Crippen LogP contribution in [0.4, 0.5) is 22.0 Å². The minimum absolute atomic E-state index is 0.152. The van der Waals surface area contributed by atoms with Crippen molar-refractivity contribution < 1.29 is 26.7 Å². The molecule has 1 aromatic rings. The Labute approximate surface area is 126 Å². The molecular weight excluding hydrogens is 359 g/mol. The van der Waals surface area contributed by atoms with Crippen molar-refractivity contribution in [3.63, 3.8) is 0 Å². The Hall–Kier alpha value is -0.850. The minimum Gasteiger partial charge on any atom is -0.484 e. The monoisotopic (exact) mass is 370 g/mol. The fourth-order valence-corrected chi connectivity index (χ4v) is 4.46. The molecule has 0 saturated heterocycles. The summed E-state index contributed by atoms with van der Waals surface area (Å²) in [6.45, 7) is 0. The van der Waals surface area contributed by atoms with Crippen molar-refractivity contribution in [3.05, 3.63) is 29.1 Å². The highest BCUT2D eigenvalue weighted by atomic mass is 79.9. The van der Waals surface area contributed by atoms with E-state index in [-0.39, 0.29) is 10.2 Å². The maximum atomic E-state index is 13.6. The molecule has 116 valence electrons. The van der Waals surface area contributed by atoms with E-state index in [1.165, 1.54) is 0 Å². The summed E-state index contributed by atoms with van der Waals surface area (Å²) in [4.78, 5) is 0.152. The quantitative estimate of drug-likeness (QED) is 0.312. The molecule has 0 aliphatic heterocycles. The summed E-state index contributed by atoms with van der Waals surface area (Å²) in [7, 11) is 0. The molecule has 7 heteroatoms. The van der Waals surface area contributed by atoms with Gasteiger partial charge in [0.25, 0.3) is 0 Å². The summed E-state index contributed by atoms with van der Waals surface area (Å²) in [6, 6.07) is 0. The van der Waals surface area contributed by atoms with Gasteiger partial charge in [0.15, 0.2) is 5.75 Å². The third-order valence-electron chi connectivity index (χ3n) is 4.65. The highest BCUT2D eigenvalue weighted by Gasteiger charge is 2.57. The van der Waals surface area contributed by atoms with Crippen molar-refractivity contribution in [2.45, 2.75) is 43.0 Å². The number of ether oxygens (including phenoxy) is 1. The largest absolute Gasteiger partial charge is 0.484 e. The second-order valence-electron chi connectivity index (χ2n) is 5.65. The van der Waals surface area contributed by atoms with Gasteiger partial charge in [0.2, 0.25) is 29.1 Å². The van der Waals surface area contributed by atoms with Gasteiger partial charge in [-0.2, -0.15) is 8.78 Å². The van der Waals surface area contributed by atoms with Crippen LogP contribution in [0.1, 0.15) is 32.1 Å². The lowest BCUT2D eigenvalue weighted by atomic mass is 9.64. The van der Waals surface area contributed by atoms with Crippen LogP contribution >= 0.6 is 15.9 Å². The van der Waals surface area contributed by atoms with Crippen LogP contribution in [-0.4, -0.2) is 10.9 Å². The standard InChI is InChI=1S/C14H12BrF5O/c15-6-5-7(14(6)3-1-2-4-14)21-13-11(19)9(17)8(16)10(18)12(13)20/h6-7H,1-5H2. The van der Waals surface area contributed by atoms with Crippen LogP contribution in [-0.2, 0) is 0 Å². The van der Waals surface area contributed by atoms with Gasteiger partial charge >= 0.3 is 0 Å². The van der Waals surface area contributed by atoms with E-state index in [0.29, 0.717) is 6.42 Å². The second kappa shape index (κ2) is 5.11. The Morgan fingerprint density at radius 3 is 1.81 bits per heavy atom. The molecule has 0 heterocycles. The van der Waals surface area contributed by atoms with Crippen molar-refractivity contribution in [2.24, 2.45) is 5.41 Å². The van der Waals surface area contributed by atoms with Crippen molar-refractivity contribution >= 4 is 15.9 Å². The van der Waals surface area contributed by atoms with Crippen molar-refractivity contribution in [2.75, 3.05) is 0 Å². The fourth-order valence-electron chi connectivity index (χ4n) is 3.36. The van der Waals surface area contributed by atoms with Gasteiger partial charge in [-0.25, -0.2) is 13.2 Å². The Kier molecular flexibility index (Phi) is 3.66. The molecule has 0 amide bonds. The van der Waals surface area contributed by atoms with E-state index >= 15 is 0 Å². The van der Waals surface area contributed by atoms with Crippen LogP contribution in [0.3, 0.4) is 0 Å². The zero-order valence-corrected chi connectivity index (χ0v) is 12.5. The van der Waals surface area contributed by atoms with E-state index in [1.54, 1.807) is 0 Å². The number of alkyl halides is 1. The Morgan fingerprint density at radius 2 is 1.33 bits per heavy atom. The molecule has 21 heavy (non-hydrogen) atoms. The Bertz CT molecular complexity index is 556. The number of rotatable bonds is 2. The molecule has 0 N–H and O–H groups in total. The minimum atomic E-state index is -2.17. The predicted molar refractivity (Wildman–Crippen MR) is 68.9 cm³/mol. The van der Waals surface area contributed by atoms with E-state index in [9.17, 15) is 22.0 Å². The summed E-state index contributed by atoms with van der Waals surface area (Å²) in [5.74, 6) is -11.1. The fraction of sp³-hybridized carbons (Fsp3) is 0.571. The summed E-state index contributed by atoms with van der Waals surface area (Å²) in [5, 5.41) is 0. The molecule has 2 fully saturated rings. The molecule has 2 unspecified atom stereocenters. The van der Waals surface area contributed by atoms with Crippen molar-refractivity contribution in [3.8, 4) is 5.75 Å². The van der Waals surface area contributed by atoms with Crippen LogP contribution in [0.25, 0.3) is 0 Å². The molecule has 3 rings (SSSR count). The topological polar surface area (TPSA) is 9.23 Å². The van der Waals surface area contributed by atoms with E-state index in [1.807, 2.05) is 0 Å². The lowest BCUT2D eigenvalue weighted by Gasteiger charge is -2.51. The first kappa shape index (κ1) is 15.1. The summed E-state index contributed by atoms with van der Waals surface area (Å²) >= 11 is 3.50. The van der Waals surface area contributed by atoms with E-state index in [4.69, 9.17) is 4.74 Å².